The third kappa shape index (κ3) is 5.00. The molecular weight excluding hydrogens is 484 g/mol. The number of nitro benzene ring substituents is 1. The molecule has 4 rings (SSSR count). The highest BCUT2D eigenvalue weighted by Crippen LogP contribution is 2.38. The third-order valence-electron chi connectivity index (χ3n) is 4.71. The number of thioether (sulfide) groups is 1. The first kappa shape index (κ1) is 22.8. The topological polar surface area (TPSA) is 92.9 Å². The van der Waals surface area contributed by atoms with Crippen molar-refractivity contribution in [1.82, 2.24) is 0 Å². The largest absolute Gasteiger partial charge is 0.508 e. The van der Waals surface area contributed by atoms with E-state index in [1.165, 1.54) is 41.3 Å². The molecule has 3 aromatic rings. The van der Waals surface area contributed by atoms with Crippen molar-refractivity contribution < 1.29 is 19.6 Å². The van der Waals surface area contributed by atoms with Crippen LogP contribution in [-0.4, -0.2) is 20.3 Å². The second-order valence-electron chi connectivity index (χ2n) is 6.90. The number of hydrogen-bond donors (Lipinski definition) is 1. The minimum atomic E-state index is -0.521. The lowest BCUT2D eigenvalue weighted by Gasteiger charge is -2.14. The number of hydrogen-bond acceptors (Lipinski definition) is 7. The van der Waals surface area contributed by atoms with Crippen LogP contribution in [0.25, 0.3) is 6.08 Å². The quantitative estimate of drug-likeness (QED) is 0.194. The summed E-state index contributed by atoms with van der Waals surface area (Å²) in [6, 6.07) is 17.5. The Kier molecular flexibility index (Phi) is 6.64. The SMILES string of the molecule is O=C1C(=Cc2cc([N+](=O)[O-])ccc2OCc2ccccc2Cl)SC(=S)N1c1cccc(O)c1. The Morgan fingerprint density at radius 2 is 1.94 bits per heavy atom. The Balaban J connectivity index is 1.67. The molecule has 1 aliphatic heterocycles. The Hall–Kier alpha value is -3.40. The number of rotatable bonds is 6. The Morgan fingerprint density at radius 3 is 2.67 bits per heavy atom. The number of nitro groups is 1. The zero-order chi connectivity index (χ0) is 23.5. The number of amides is 1. The van der Waals surface area contributed by atoms with E-state index < -0.39 is 10.8 Å². The summed E-state index contributed by atoms with van der Waals surface area (Å²) in [5, 5.41) is 21.6. The van der Waals surface area contributed by atoms with E-state index in [2.05, 4.69) is 0 Å². The number of nitrogens with zero attached hydrogens (tertiary/aromatic N) is 2. The Morgan fingerprint density at radius 1 is 1.15 bits per heavy atom. The van der Waals surface area contributed by atoms with Gasteiger partial charge in [-0.05, 0) is 30.3 Å². The van der Waals surface area contributed by atoms with E-state index in [9.17, 15) is 20.0 Å². The zero-order valence-electron chi connectivity index (χ0n) is 16.8. The average molecular weight is 499 g/mol. The maximum atomic E-state index is 13.1. The minimum absolute atomic E-state index is 0.000488. The van der Waals surface area contributed by atoms with E-state index >= 15 is 0 Å². The van der Waals surface area contributed by atoms with Crippen LogP contribution in [-0.2, 0) is 11.4 Å². The summed E-state index contributed by atoms with van der Waals surface area (Å²) in [5.41, 5.74) is 1.39. The van der Waals surface area contributed by atoms with Gasteiger partial charge in [-0.15, -0.1) is 0 Å². The van der Waals surface area contributed by atoms with Gasteiger partial charge in [0.1, 0.15) is 18.1 Å². The van der Waals surface area contributed by atoms with Crippen LogP contribution in [0.5, 0.6) is 11.5 Å². The van der Waals surface area contributed by atoms with Gasteiger partial charge in [0.2, 0.25) is 0 Å². The van der Waals surface area contributed by atoms with Gasteiger partial charge < -0.3 is 9.84 Å². The lowest BCUT2D eigenvalue weighted by atomic mass is 10.1. The standard InChI is InChI=1S/C23H15ClN2O5S2/c24-19-7-2-1-4-14(19)13-31-20-9-8-17(26(29)30)10-15(20)11-21-22(28)25(23(32)33-21)16-5-3-6-18(27)12-16/h1-12,27H,13H2. The molecule has 0 unspecified atom stereocenters. The highest BCUT2D eigenvalue weighted by Gasteiger charge is 2.33. The van der Waals surface area contributed by atoms with Crippen LogP contribution in [0.3, 0.4) is 0 Å². The molecule has 0 atom stereocenters. The fourth-order valence-corrected chi connectivity index (χ4v) is 4.61. The lowest BCUT2D eigenvalue weighted by Crippen LogP contribution is -2.27. The minimum Gasteiger partial charge on any atom is -0.508 e. The molecule has 0 aromatic heterocycles. The van der Waals surface area contributed by atoms with Gasteiger partial charge in [0.15, 0.2) is 4.32 Å². The molecule has 0 aliphatic carbocycles. The predicted octanol–water partition coefficient (Wildman–Crippen LogP) is 5.94. The predicted molar refractivity (Wildman–Crippen MR) is 133 cm³/mol. The second kappa shape index (κ2) is 9.62. The number of non-ortho nitro benzene ring substituents is 1. The molecule has 33 heavy (non-hydrogen) atoms. The van der Waals surface area contributed by atoms with Crippen LogP contribution in [0.4, 0.5) is 11.4 Å². The van der Waals surface area contributed by atoms with E-state index in [0.29, 0.717) is 22.0 Å². The summed E-state index contributed by atoms with van der Waals surface area (Å²) >= 11 is 12.6. The smallest absolute Gasteiger partial charge is 0.270 e. The number of thiocarbonyl (C=S) groups is 1. The maximum Gasteiger partial charge on any atom is 0.270 e. The number of aromatic hydroxyl groups is 1. The van der Waals surface area contributed by atoms with Gasteiger partial charge in [0.25, 0.3) is 11.6 Å². The third-order valence-corrected chi connectivity index (χ3v) is 6.38. The molecule has 3 aromatic carbocycles. The number of ether oxygens (including phenoxy) is 1. The van der Waals surface area contributed by atoms with Crippen LogP contribution in [0.2, 0.25) is 5.02 Å². The molecule has 166 valence electrons. The fourth-order valence-electron chi connectivity index (χ4n) is 3.13. The Bertz CT molecular complexity index is 1310. The van der Waals surface area contributed by atoms with Crippen molar-refractivity contribution in [3.05, 3.63) is 97.9 Å². The molecular formula is C23H15ClN2O5S2. The summed E-state index contributed by atoms with van der Waals surface area (Å²) in [6.45, 7) is 0.141. The van der Waals surface area contributed by atoms with E-state index in [1.807, 2.05) is 12.1 Å². The molecule has 7 nitrogen and oxygen atoms in total. The second-order valence-corrected chi connectivity index (χ2v) is 8.98. The van der Waals surface area contributed by atoms with Crippen molar-refractivity contribution in [1.29, 1.82) is 0 Å². The van der Waals surface area contributed by atoms with Crippen LogP contribution in [0.1, 0.15) is 11.1 Å². The van der Waals surface area contributed by atoms with Gasteiger partial charge in [0.05, 0.1) is 15.5 Å². The molecule has 1 aliphatic rings. The molecule has 0 spiro atoms. The number of phenolic OH excluding ortho intramolecular Hbond substituents is 1. The van der Waals surface area contributed by atoms with Crippen molar-refractivity contribution in [2.45, 2.75) is 6.61 Å². The number of carbonyl (C=O) groups excluding carboxylic acids is 1. The van der Waals surface area contributed by atoms with E-state index in [0.717, 1.165) is 17.3 Å². The average Bonchev–Trinajstić information content (AvgIpc) is 3.06. The number of anilines is 1. The summed E-state index contributed by atoms with van der Waals surface area (Å²) < 4.78 is 6.17. The number of carbonyl (C=O) groups is 1. The van der Waals surface area contributed by atoms with Crippen molar-refractivity contribution in [3.63, 3.8) is 0 Å². The molecule has 1 amide bonds. The van der Waals surface area contributed by atoms with Crippen molar-refractivity contribution >= 4 is 63.3 Å². The van der Waals surface area contributed by atoms with Gasteiger partial charge >= 0.3 is 0 Å². The zero-order valence-corrected chi connectivity index (χ0v) is 19.2. The summed E-state index contributed by atoms with van der Waals surface area (Å²) in [7, 11) is 0. The highest BCUT2D eigenvalue weighted by molar-refractivity contribution is 8.27. The molecule has 10 heteroatoms. The normalized spacial score (nSPS) is 14.7. The van der Waals surface area contributed by atoms with Gasteiger partial charge in [0, 0.05) is 34.3 Å². The number of phenols is 1. The monoisotopic (exact) mass is 498 g/mol. The van der Waals surface area contributed by atoms with E-state index in [4.69, 9.17) is 28.6 Å². The lowest BCUT2D eigenvalue weighted by molar-refractivity contribution is -0.384. The summed E-state index contributed by atoms with van der Waals surface area (Å²) in [5.74, 6) is -0.0539. The van der Waals surface area contributed by atoms with E-state index in [-0.39, 0.29) is 27.3 Å². The van der Waals surface area contributed by atoms with Crippen LogP contribution in [0, 0.1) is 10.1 Å². The van der Waals surface area contributed by atoms with Crippen molar-refractivity contribution in [3.8, 4) is 11.5 Å². The fraction of sp³-hybridized carbons (Fsp3) is 0.0435. The molecule has 1 fully saturated rings. The maximum absolute atomic E-state index is 13.1. The first-order chi connectivity index (χ1) is 15.8. The van der Waals surface area contributed by atoms with Gasteiger partial charge in [-0.3, -0.25) is 19.8 Å². The van der Waals surface area contributed by atoms with Crippen LogP contribution < -0.4 is 9.64 Å². The number of benzene rings is 3. The van der Waals surface area contributed by atoms with Crippen LogP contribution >= 0.6 is 35.6 Å². The van der Waals surface area contributed by atoms with Gasteiger partial charge in [-0.2, -0.15) is 0 Å². The first-order valence-electron chi connectivity index (χ1n) is 9.55. The van der Waals surface area contributed by atoms with Gasteiger partial charge in [-0.1, -0.05) is 59.8 Å². The molecule has 0 bridgehead atoms. The number of halogens is 1. The molecule has 1 saturated heterocycles. The molecule has 0 radical (unpaired) electrons. The summed E-state index contributed by atoms with van der Waals surface area (Å²) in [6.07, 6.45) is 1.51. The first-order valence-corrected chi connectivity index (χ1v) is 11.2. The van der Waals surface area contributed by atoms with Crippen LogP contribution in [0.15, 0.2) is 71.6 Å². The van der Waals surface area contributed by atoms with Gasteiger partial charge in [-0.25, -0.2) is 0 Å². The molecule has 1 N–H and O–H groups in total. The summed E-state index contributed by atoms with van der Waals surface area (Å²) in [4.78, 5) is 25.4. The van der Waals surface area contributed by atoms with Crippen molar-refractivity contribution in [2.75, 3.05) is 4.90 Å². The Labute approximate surface area is 203 Å². The molecule has 1 heterocycles. The highest BCUT2D eigenvalue weighted by atomic mass is 35.5. The van der Waals surface area contributed by atoms with E-state index in [1.54, 1.807) is 24.3 Å². The molecule has 0 saturated carbocycles. The van der Waals surface area contributed by atoms with Crippen molar-refractivity contribution in [2.24, 2.45) is 0 Å².